The van der Waals surface area contributed by atoms with Crippen molar-refractivity contribution in [3.05, 3.63) is 83.6 Å². The van der Waals surface area contributed by atoms with Gasteiger partial charge in [-0.2, -0.15) is 0 Å². The molecule has 0 radical (unpaired) electrons. The van der Waals surface area contributed by atoms with Gasteiger partial charge in [0.25, 0.3) is 5.91 Å². The Morgan fingerprint density at radius 2 is 2.07 bits per heavy atom. The highest BCUT2D eigenvalue weighted by molar-refractivity contribution is 5.91. The second kappa shape index (κ2) is 8.08. The van der Waals surface area contributed by atoms with Gasteiger partial charge in [0.1, 0.15) is 6.26 Å². The molecular weight excluding hydrogens is 380 g/mol. The lowest BCUT2D eigenvalue weighted by Gasteiger charge is -2.27. The van der Waals surface area contributed by atoms with E-state index < -0.39 is 0 Å². The molecule has 0 fully saturated rings. The van der Waals surface area contributed by atoms with Gasteiger partial charge in [0.05, 0.1) is 12.2 Å². The summed E-state index contributed by atoms with van der Waals surface area (Å²) in [4.78, 5) is 27.7. The standard InChI is InChI=1S/C22H22N6O2/c29-21(23-9-6-18-13-28-10-3-8-24-22(28)25-18)19-15-30-20(26-19)14-27-11-7-16-4-1-2-5-17(16)12-27/h1-5,8,10,13,15H,6-7,9,11-12,14H2,(H,23,29). The molecule has 1 aliphatic heterocycles. The first-order valence-electron chi connectivity index (χ1n) is 10.0. The van der Waals surface area contributed by atoms with Crippen molar-refractivity contribution in [1.82, 2.24) is 29.6 Å². The predicted octanol–water partition coefficient (Wildman–Crippen LogP) is 2.25. The highest BCUT2D eigenvalue weighted by Crippen LogP contribution is 2.20. The highest BCUT2D eigenvalue weighted by atomic mass is 16.3. The van der Waals surface area contributed by atoms with Crippen LogP contribution >= 0.6 is 0 Å². The van der Waals surface area contributed by atoms with Crippen LogP contribution in [0.2, 0.25) is 0 Å². The van der Waals surface area contributed by atoms with Crippen LogP contribution in [0.25, 0.3) is 5.78 Å². The van der Waals surface area contributed by atoms with Gasteiger partial charge >= 0.3 is 0 Å². The fourth-order valence-electron chi connectivity index (χ4n) is 3.76. The molecule has 8 nitrogen and oxygen atoms in total. The van der Waals surface area contributed by atoms with Crippen LogP contribution in [0.15, 0.2) is 59.6 Å². The van der Waals surface area contributed by atoms with Crippen molar-refractivity contribution in [2.24, 2.45) is 0 Å². The molecule has 1 aliphatic rings. The molecule has 0 unspecified atom stereocenters. The summed E-state index contributed by atoms with van der Waals surface area (Å²) in [6.45, 7) is 2.88. The number of benzene rings is 1. The number of nitrogens with one attached hydrogen (secondary N) is 1. The minimum atomic E-state index is -0.240. The van der Waals surface area contributed by atoms with E-state index in [0.717, 1.165) is 25.2 Å². The summed E-state index contributed by atoms with van der Waals surface area (Å²) in [5.41, 5.74) is 3.93. The Morgan fingerprint density at radius 3 is 2.97 bits per heavy atom. The van der Waals surface area contributed by atoms with Gasteiger partial charge in [-0.05, 0) is 23.6 Å². The van der Waals surface area contributed by atoms with Crippen molar-refractivity contribution in [3.63, 3.8) is 0 Å². The number of rotatable bonds is 6. The topological polar surface area (TPSA) is 88.6 Å². The van der Waals surface area contributed by atoms with E-state index in [1.165, 1.54) is 17.4 Å². The number of hydrogen-bond acceptors (Lipinski definition) is 6. The van der Waals surface area contributed by atoms with Crippen molar-refractivity contribution in [1.29, 1.82) is 0 Å². The number of aromatic nitrogens is 4. The molecule has 0 saturated carbocycles. The summed E-state index contributed by atoms with van der Waals surface area (Å²) in [6, 6.07) is 10.3. The largest absolute Gasteiger partial charge is 0.447 e. The van der Waals surface area contributed by atoms with E-state index in [4.69, 9.17) is 4.42 Å². The molecule has 1 amide bonds. The zero-order valence-electron chi connectivity index (χ0n) is 16.5. The molecule has 8 heteroatoms. The number of carbonyl (C=O) groups excluding carboxylic acids is 1. The average molecular weight is 402 g/mol. The summed E-state index contributed by atoms with van der Waals surface area (Å²) in [6.07, 6.45) is 8.58. The molecule has 0 spiro atoms. The molecule has 4 aromatic rings. The second-order valence-electron chi connectivity index (χ2n) is 7.42. The van der Waals surface area contributed by atoms with Gasteiger partial charge in [-0.15, -0.1) is 0 Å². The molecular formula is C22H22N6O2. The maximum atomic E-state index is 12.4. The van der Waals surface area contributed by atoms with E-state index in [1.54, 1.807) is 6.20 Å². The van der Waals surface area contributed by atoms with Gasteiger partial charge in [-0.25, -0.2) is 15.0 Å². The Kier molecular flexibility index (Phi) is 4.98. The fraction of sp³-hybridized carbons (Fsp3) is 0.273. The van der Waals surface area contributed by atoms with Crippen LogP contribution in [-0.4, -0.2) is 43.2 Å². The number of imidazole rings is 1. The van der Waals surface area contributed by atoms with Gasteiger partial charge in [-0.3, -0.25) is 14.1 Å². The summed E-state index contributed by atoms with van der Waals surface area (Å²) in [7, 11) is 0. The molecule has 152 valence electrons. The second-order valence-corrected chi connectivity index (χ2v) is 7.42. The quantitative estimate of drug-likeness (QED) is 0.532. The summed E-state index contributed by atoms with van der Waals surface area (Å²) in [5.74, 6) is 0.974. The molecule has 1 aromatic carbocycles. The van der Waals surface area contributed by atoms with Crippen molar-refractivity contribution in [3.8, 4) is 0 Å². The van der Waals surface area contributed by atoms with Gasteiger partial charge in [-0.1, -0.05) is 24.3 Å². The zero-order valence-corrected chi connectivity index (χ0v) is 16.5. The van der Waals surface area contributed by atoms with Crippen LogP contribution in [-0.2, 0) is 25.9 Å². The van der Waals surface area contributed by atoms with Crippen molar-refractivity contribution in [2.45, 2.75) is 25.9 Å². The van der Waals surface area contributed by atoms with Gasteiger partial charge in [0.2, 0.25) is 11.7 Å². The Morgan fingerprint density at radius 1 is 1.17 bits per heavy atom. The number of carbonyl (C=O) groups is 1. The molecule has 0 atom stereocenters. The van der Waals surface area contributed by atoms with Crippen LogP contribution in [0.3, 0.4) is 0 Å². The zero-order chi connectivity index (χ0) is 20.3. The lowest BCUT2D eigenvalue weighted by Crippen LogP contribution is -2.30. The Labute approximate surface area is 173 Å². The first-order valence-corrected chi connectivity index (χ1v) is 10.0. The lowest BCUT2D eigenvalue weighted by molar-refractivity contribution is 0.0949. The molecule has 0 aliphatic carbocycles. The van der Waals surface area contributed by atoms with Crippen LogP contribution in [0.4, 0.5) is 0 Å². The maximum Gasteiger partial charge on any atom is 0.273 e. The SMILES string of the molecule is O=C(NCCc1cn2cccnc2n1)c1coc(CN2CCc3ccccc3C2)n1. The third kappa shape index (κ3) is 3.95. The first kappa shape index (κ1) is 18.5. The molecule has 0 saturated heterocycles. The number of fused-ring (bicyclic) bond motifs is 2. The smallest absolute Gasteiger partial charge is 0.273 e. The molecule has 4 heterocycles. The molecule has 3 aromatic heterocycles. The van der Waals surface area contributed by atoms with Crippen molar-refractivity contribution in [2.75, 3.05) is 13.1 Å². The molecule has 5 rings (SSSR count). The summed E-state index contributed by atoms with van der Waals surface area (Å²) in [5, 5.41) is 2.88. The minimum absolute atomic E-state index is 0.240. The van der Waals surface area contributed by atoms with Crippen LogP contribution in [0.5, 0.6) is 0 Å². The number of hydrogen-bond donors (Lipinski definition) is 1. The highest BCUT2D eigenvalue weighted by Gasteiger charge is 2.19. The van der Waals surface area contributed by atoms with E-state index in [1.807, 2.05) is 22.9 Å². The average Bonchev–Trinajstić information content (AvgIpc) is 3.40. The van der Waals surface area contributed by atoms with Crippen molar-refractivity contribution >= 4 is 11.7 Å². The van der Waals surface area contributed by atoms with Crippen LogP contribution in [0, 0.1) is 0 Å². The van der Waals surface area contributed by atoms with Crippen LogP contribution in [0.1, 0.15) is 33.2 Å². The Balaban J connectivity index is 1.14. The first-order chi connectivity index (χ1) is 14.7. The molecule has 0 bridgehead atoms. The van der Waals surface area contributed by atoms with Crippen molar-refractivity contribution < 1.29 is 9.21 Å². The van der Waals surface area contributed by atoms with Gasteiger partial charge in [0, 0.05) is 44.6 Å². The Hall–Kier alpha value is -3.52. The van der Waals surface area contributed by atoms with Gasteiger partial charge < -0.3 is 9.73 Å². The lowest BCUT2D eigenvalue weighted by atomic mass is 10.00. The van der Waals surface area contributed by atoms with Crippen LogP contribution < -0.4 is 5.32 Å². The minimum Gasteiger partial charge on any atom is -0.447 e. The van der Waals surface area contributed by atoms with E-state index in [2.05, 4.69) is 49.4 Å². The number of amides is 1. The Bertz CT molecular complexity index is 1150. The summed E-state index contributed by atoms with van der Waals surface area (Å²) >= 11 is 0. The maximum absolute atomic E-state index is 12.4. The third-order valence-corrected chi connectivity index (χ3v) is 5.31. The fourth-order valence-corrected chi connectivity index (χ4v) is 3.76. The number of nitrogens with zero attached hydrogens (tertiary/aromatic N) is 5. The van der Waals surface area contributed by atoms with Gasteiger partial charge in [0.15, 0.2) is 5.69 Å². The monoisotopic (exact) mass is 402 g/mol. The van der Waals surface area contributed by atoms with E-state index in [0.29, 0.717) is 36.9 Å². The van der Waals surface area contributed by atoms with E-state index in [9.17, 15) is 4.79 Å². The normalized spacial score (nSPS) is 14.0. The van der Waals surface area contributed by atoms with E-state index >= 15 is 0 Å². The summed E-state index contributed by atoms with van der Waals surface area (Å²) < 4.78 is 7.40. The molecule has 30 heavy (non-hydrogen) atoms. The molecule has 1 N–H and O–H groups in total. The third-order valence-electron chi connectivity index (χ3n) is 5.31. The number of oxazole rings is 1. The van der Waals surface area contributed by atoms with E-state index in [-0.39, 0.29) is 5.91 Å². The predicted molar refractivity (Wildman–Crippen MR) is 110 cm³/mol.